The highest BCUT2D eigenvalue weighted by molar-refractivity contribution is 6.30. The average Bonchev–Trinajstić information content (AvgIpc) is 3.00. The highest BCUT2D eigenvalue weighted by Crippen LogP contribution is 2.35. The molecule has 0 atom stereocenters. The molecule has 104 valence electrons. The van der Waals surface area contributed by atoms with Crippen LogP contribution in [0, 0.1) is 0 Å². The first-order chi connectivity index (χ1) is 9.18. The van der Waals surface area contributed by atoms with Crippen molar-refractivity contribution in [1.82, 2.24) is 9.55 Å². The SMILES string of the molecule is O=c1[nH]c(Cl)c(C2CCCC2)c(=O)n1C1CCCC1. The molecule has 2 saturated carbocycles. The van der Waals surface area contributed by atoms with E-state index in [0.29, 0.717) is 5.56 Å². The summed E-state index contributed by atoms with van der Waals surface area (Å²) in [5.74, 6) is 0.226. The van der Waals surface area contributed by atoms with Gasteiger partial charge in [0.15, 0.2) is 0 Å². The fraction of sp³-hybridized carbons (Fsp3) is 0.714. The molecule has 1 heterocycles. The Labute approximate surface area is 116 Å². The van der Waals surface area contributed by atoms with Gasteiger partial charge in [-0.3, -0.25) is 14.3 Å². The Hall–Kier alpha value is -1.03. The summed E-state index contributed by atoms with van der Waals surface area (Å²) in [6.45, 7) is 0. The Balaban J connectivity index is 2.11. The summed E-state index contributed by atoms with van der Waals surface area (Å²) >= 11 is 6.12. The van der Waals surface area contributed by atoms with Crippen LogP contribution in [0.1, 0.15) is 68.9 Å². The molecular weight excluding hydrogens is 264 g/mol. The lowest BCUT2D eigenvalue weighted by atomic mass is 10.0. The third-order valence-electron chi connectivity index (χ3n) is 4.57. The summed E-state index contributed by atoms with van der Waals surface area (Å²) in [7, 11) is 0. The van der Waals surface area contributed by atoms with Crippen LogP contribution in [0.15, 0.2) is 9.59 Å². The minimum absolute atomic E-state index is 0.0636. The second-order valence-electron chi connectivity index (χ2n) is 5.75. The third kappa shape index (κ3) is 2.27. The first-order valence-corrected chi connectivity index (χ1v) is 7.60. The fourth-order valence-corrected chi connectivity index (χ4v) is 3.92. The highest BCUT2D eigenvalue weighted by atomic mass is 35.5. The summed E-state index contributed by atoms with van der Waals surface area (Å²) in [5.41, 5.74) is 0.155. The Morgan fingerprint density at radius 3 is 2.21 bits per heavy atom. The monoisotopic (exact) mass is 282 g/mol. The number of H-pyrrole nitrogens is 1. The Bertz CT molecular complexity index is 578. The van der Waals surface area contributed by atoms with Crippen molar-refractivity contribution in [1.29, 1.82) is 0 Å². The first kappa shape index (κ1) is 13.0. The smallest absolute Gasteiger partial charge is 0.297 e. The van der Waals surface area contributed by atoms with E-state index in [1.165, 1.54) is 4.57 Å². The molecule has 0 aromatic carbocycles. The number of aromatic nitrogens is 2. The van der Waals surface area contributed by atoms with Crippen LogP contribution in [-0.4, -0.2) is 9.55 Å². The molecule has 5 heteroatoms. The van der Waals surface area contributed by atoms with E-state index in [9.17, 15) is 9.59 Å². The van der Waals surface area contributed by atoms with Gasteiger partial charge >= 0.3 is 5.69 Å². The van der Waals surface area contributed by atoms with Crippen LogP contribution in [0.25, 0.3) is 0 Å². The number of rotatable bonds is 2. The molecule has 2 aliphatic carbocycles. The van der Waals surface area contributed by atoms with Crippen molar-refractivity contribution in [3.63, 3.8) is 0 Å². The average molecular weight is 283 g/mol. The van der Waals surface area contributed by atoms with Gasteiger partial charge in [0.25, 0.3) is 5.56 Å². The van der Waals surface area contributed by atoms with E-state index in [1.807, 2.05) is 0 Å². The number of nitrogens with zero attached hydrogens (tertiary/aromatic N) is 1. The van der Waals surface area contributed by atoms with Crippen molar-refractivity contribution < 1.29 is 0 Å². The molecule has 0 amide bonds. The maximum Gasteiger partial charge on any atom is 0.329 e. The van der Waals surface area contributed by atoms with Gasteiger partial charge in [0.05, 0.1) is 5.56 Å². The Morgan fingerprint density at radius 1 is 1.00 bits per heavy atom. The molecular formula is C14H19ClN2O2. The number of aromatic amines is 1. The van der Waals surface area contributed by atoms with Crippen LogP contribution in [0.3, 0.4) is 0 Å². The van der Waals surface area contributed by atoms with Crippen LogP contribution >= 0.6 is 11.6 Å². The quantitative estimate of drug-likeness (QED) is 0.848. The van der Waals surface area contributed by atoms with Gasteiger partial charge in [0.1, 0.15) is 5.15 Å². The number of halogens is 1. The topological polar surface area (TPSA) is 54.9 Å². The predicted molar refractivity (Wildman–Crippen MR) is 75.0 cm³/mol. The molecule has 0 bridgehead atoms. The van der Waals surface area contributed by atoms with E-state index in [0.717, 1.165) is 51.4 Å². The van der Waals surface area contributed by atoms with Gasteiger partial charge in [-0.05, 0) is 31.6 Å². The lowest BCUT2D eigenvalue weighted by Crippen LogP contribution is -2.40. The van der Waals surface area contributed by atoms with Crippen molar-refractivity contribution >= 4 is 11.6 Å². The van der Waals surface area contributed by atoms with E-state index in [4.69, 9.17) is 11.6 Å². The molecule has 0 radical (unpaired) electrons. The summed E-state index contributed by atoms with van der Waals surface area (Å²) < 4.78 is 1.42. The largest absolute Gasteiger partial charge is 0.329 e. The number of hydrogen-bond acceptors (Lipinski definition) is 2. The van der Waals surface area contributed by atoms with Gasteiger partial charge in [0, 0.05) is 6.04 Å². The van der Waals surface area contributed by atoms with Crippen molar-refractivity contribution in [2.75, 3.05) is 0 Å². The van der Waals surface area contributed by atoms with Crippen LogP contribution in [0.4, 0.5) is 0 Å². The number of nitrogens with one attached hydrogen (secondary N) is 1. The van der Waals surface area contributed by atoms with Crippen molar-refractivity contribution in [3.8, 4) is 0 Å². The molecule has 2 fully saturated rings. The zero-order valence-corrected chi connectivity index (χ0v) is 11.7. The fourth-order valence-electron chi connectivity index (χ4n) is 3.60. The normalized spacial score (nSPS) is 21.3. The lowest BCUT2D eigenvalue weighted by molar-refractivity contribution is 0.471. The Morgan fingerprint density at radius 2 is 1.58 bits per heavy atom. The van der Waals surface area contributed by atoms with Crippen LogP contribution in [0.2, 0.25) is 5.15 Å². The van der Waals surface area contributed by atoms with Gasteiger partial charge in [-0.2, -0.15) is 0 Å². The van der Waals surface area contributed by atoms with E-state index in [-0.39, 0.29) is 28.4 Å². The van der Waals surface area contributed by atoms with Gasteiger partial charge < -0.3 is 0 Å². The molecule has 1 aromatic heterocycles. The summed E-state index contributed by atoms with van der Waals surface area (Å²) in [4.78, 5) is 27.4. The summed E-state index contributed by atoms with van der Waals surface area (Å²) in [6, 6.07) is 0.0636. The molecule has 0 spiro atoms. The Kier molecular flexibility index (Phi) is 3.52. The van der Waals surface area contributed by atoms with E-state index < -0.39 is 0 Å². The minimum Gasteiger partial charge on any atom is -0.297 e. The van der Waals surface area contributed by atoms with Crippen LogP contribution < -0.4 is 11.2 Å². The molecule has 3 rings (SSSR count). The zero-order valence-electron chi connectivity index (χ0n) is 11.0. The molecule has 0 saturated heterocycles. The van der Waals surface area contributed by atoms with Crippen LogP contribution in [0.5, 0.6) is 0 Å². The highest BCUT2D eigenvalue weighted by Gasteiger charge is 2.28. The van der Waals surface area contributed by atoms with Crippen molar-refractivity contribution in [2.45, 2.75) is 63.3 Å². The second kappa shape index (κ2) is 5.16. The van der Waals surface area contributed by atoms with Gasteiger partial charge in [0.2, 0.25) is 0 Å². The van der Waals surface area contributed by atoms with Crippen LogP contribution in [-0.2, 0) is 0 Å². The first-order valence-electron chi connectivity index (χ1n) is 7.22. The summed E-state index contributed by atoms with van der Waals surface area (Å²) in [5, 5.41) is 0.260. The second-order valence-corrected chi connectivity index (χ2v) is 6.13. The molecule has 2 aliphatic rings. The van der Waals surface area contributed by atoms with Crippen molar-refractivity contribution in [3.05, 3.63) is 31.6 Å². The maximum absolute atomic E-state index is 12.6. The zero-order chi connectivity index (χ0) is 13.4. The van der Waals surface area contributed by atoms with Gasteiger partial charge in [-0.1, -0.05) is 37.3 Å². The van der Waals surface area contributed by atoms with E-state index in [1.54, 1.807) is 0 Å². The van der Waals surface area contributed by atoms with Gasteiger partial charge in [-0.15, -0.1) is 0 Å². The van der Waals surface area contributed by atoms with Crippen molar-refractivity contribution in [2.24, 2.45) is 0 Å². The van der Waals surface area contributed by atoms with Gasteiger partial charge in [-0.25, -0.2) is 4.79 Å². The number of hydrogen-bond donors (Lipinski definition) is 1. The molecule has 0 unspecified atom stereocenters. The predicted octanol–water partition coefficient (Wildman–Crippen LogP) is 2.96. The molecule has 19 heavy (non-hydrogen) atoms. The lowest BCUT2D eigenvalue weighted by Gasteiger charge is -2.17. The summed E-state index contributed by atoms with van der Waals surface area (Å²) in [6.07, 6.45) is 8.34. The standard InChI is InChI=1S/C14H19ClN2O2/c15-12-11(9-5-1-2-6-9)13(18)17(14(19)16-12)10-7-3-4-8-10/h9-10H,1-8H2,(H,16,19). The molecule has 4 nitrogen and oxygen atoms in total. The maximum atomic E-state index is 12.6. The molecule has 1 N–H and O–H groups in total. The molecule has 0 aliphatic heterocycles. The third-order valence-corrected chi connectivity index (χ3v) is 4.87. The molecule has 1 aromatic rings. The van der Waals surface area contributed by atoms with E-state index >= 15 is 0 Å². The minimum atomic E-state index is -0.344. The van der Waals surface area contributed by atoms with E-state index in [2.05, 4.69) is 4.98 Å².